The molecule has 21 heavy (non-hydrogen) atoms. The van der Waals surface area contributed by atoms with E-state index in [1.54, 1.807) is 12.1 Å². The Morgan fingerprint density at radius 3 is 2.05 bits per heavy atom. The summed E-state index contributed by atoms with van der Waals surface area (Å²) in [5.74, 6) is 0. The fourth-order valence-corrected chi connectivity index (χ4v) is 3.12. The Hall–Kier alpha value is -1.16. The van der Waals surface area contributed by atoms with E-state index in [-0.39, 0.29) is 11.4 Å². The SMILES string of the molecule is CCCNS(=O)(=O)c1ccc(NCCNS(C)(=O)=O)cc1. The normalized spacial score (nSPS) is 12.3. The van der Waals surface area contributed by atoms with Crippen molar-refractivity contribution in [2.24, 2.45) is 0 Å². The lowest BCUT2D eigenvalue weighted by molar-refractivity contribution is 0.580. The first-order chi connectivity index (χ1) is 9.74. The second-order valence-corrected chi connectivity index (χ2v) is 8.12. The molecular formula is C12H21N3O4S2. The van der Waals surface area contributed by atoms with Crippen molar-refractivity contribution >= 4 is 25.7 Å². The van der Waals surface area contributed by atoms with Gasteiger partial charge in [0, 0.05) is 25.3 Å². The molecule has 7 nitrogen and oxygen atoms in total. The summed E-state index contributed by atoms with van der Waals surface area (Å²) in [6.45, 7) is 2.96. The predicted octanol–water partition coefficient (Wildman–Crippen LogP) is 0.336. The molecule has 0 bridgehead atoms. The van der Waals surface area contributed by atoms with Gasteiger partial charge in [-0.2, -0.15) is 0 Å². The van der Waals surface area contributed by atoms with Crippen LogP contribution in [0.1, 0.15) is 13.3 Å². The lowest BCUT2D eigenvalue weighted by Crippen LogP contribution is -2.27. The molecule has 1 aromatic rings. The van der Waals surface area contributed by atoms with Gasteiger partial charge >= 0.3 is 0 Å². The Balaban J connectivity index is 2.54. The van der Waals surface area contributed by atoms with E-state index >= 15 is 0 Å². The molecule has 0 aromatic heterocycles. The Morgan fingerprint density at radius 2 is 1.52 bits per heavy atom. The van der Waals surface area contributed by atoms with Gasteiger partial charge in [-0.1, -0.05) is 6.92 Å². The van der Waals surface area contributed by atoms with Gasteiger partial charge in [-0.3, -0.25) is 0 Å². The predicted molar refractivity (Wildman–Crippen MR) is 83.3 cm³/mol. The van der Waals surface area contributed by atoms with Crippen LogP contribution in [0.3, 0.4) is 0 Å². The van der Waals surface area contributed by atoms with Gasteiger partial charge in [0.15, 0.2) is 0 Å². The summed E-state index contributed by atoms with van der Waals surface area (Å²) < 4.78 is 50.3. The van der Waals surface area contributed by atoms with Crippen molar-refractivity contribution in [3.05, 3.63) is 24.3 Å². The maximum absolute atomic E-state index is 11.9. The largest absolute Gasteiger partial charge is 0.384 e. The van der Waals surface area contributed by atoms with Crippen LogP contribution in [-0.2, 0) is 20.0 Å². The number of anilines is 1. The Kier molecular flexibility index (Phi) is 6.59. The topological polar surface area (TPSA) is 104 Å². The van der Waals surface area contributed by atoms with Gasteiger partial charge in [0.2, 0.25) is 20.0 Å². The smallest absolute Gasteiger partial charge is 0.240 e. The molecule has 0 aliphatic heterocycles. The maximum Gasteiger partial charge on any atom is 0.240 e. The molecule has 3 N–H and O–H groups in total. The number of rotatable bonds is 9. The minimum atomic E-state index is -3.45. The van der Waals surface area contributed by atoms with Crippen LogP contribution in [0, 0.1) is 0 Å². The van der Waals surface area contributed by atoms with E-state index in [2.05, 4.69) is 14.8 Å². The van der Waals surface area contributed by atoms with Gasteiger partial charge in [-0.15, -0.1) is 0 Å². The van der Waals surface area contributed by atoms with Crippen molar-refractivity contribution in [1.29, 1.82) is 0 Å². The zero-order valence-corrected chi connectivity index (χ0v) is 13.7. The molecule has 0 heterocycles. The summed E-state index contributed by atoms with van der Waals surface area (Å²) >= 11 is 0. The first-order valence-electron chi connectivity index (χ1n) is 6.53. The van der Waals surface area contributed by atoms with E-state index in [1.165, 1.54) is 12.1 Å². The van der Waals surface area contributed by atoms with Crippen molar-refractivity contribution in [2.45, 2.75) is 18.2 Å². The first kappa shape index (κ1) is 17.9. The van der Waals surface area contributed by atoms with Gasteiger partial charge in [-0.25, -0.2) is 26.3 Å². The van der Waals surface area contributed by atoms with Crippen molar-refractivity contribution in [2.75, 3.05) is 31.2 Å². The van der Waals surface area contributed by atoms with Gasteiger partial charge in [0.25, 0.3) is 0 Å². The Bertz CT molecular complexity index is 640. The highest BCUT2D eigenvalue weighted by atomic mass is 32.2. The third-order valence-corrected chi connectivity index (χ3v) is 4.73. The molecule has 9 heteroatoms. The lowest BCUT2D eigenvalue weighted by Gasteiger charge is -2.09. The molecule has 0 unspecified atom stereocenters. The molecule has 0 fully saturated rings. The summed E-state index contributed by atoms with van der Waals surface area (Å²) in [6.07, 6.45) is 1.82. The molecule has 0 radical (unpaired) electrons. The molecule has 1 rings (SSSR count). The van der Waals surface area contributed by atoms with E-state index in [0.29, 0.717) is 13.1 Å². The summed E-state index contributed by atoms with van der Waals surface area (Å²) in [4.78, 5) is 0.204. The molecule has 0 saturated carbocycles. The van der Waals surface area contributed by atoms with E-state index < -0.39 is 20.0 Å². The molecule has 0 amide bonds. The average molecular weight is 335 g/mol. The molecule has 120 valence electrons. The second-order valence-electron chi connectivity index (χ2n) is 4.52. The van der Waals surface area contributed by atoms with Crippen LogP contribution in [0.4, 0.5) is 5.69 Å². The minimum Gasteiger partial charge on any atom is -0.384 e. The van der Waals surface area contributed by atoms with Crippen molar-refractivity contribution in [3.63, 3.8) is 0 Å². The number of nitrogens with one attached hydrogen (secondary N) is 3. The van der Waals surface area contributed by atoms with E-state index in [9.17, 15) is 16.8 Å². The van der Waals surface area contributed by atoms with E-state index in [0.717, 1.165) is 18.4 Å². The Labute approximate surface area is 126 Å². The van der Waals surface area contributed by atoms with Crippen molar-refractivity contribution in [1.82, 2.24) is 9.44 Å². The molecule has 0 saturated heterocycles. The van der Waals surface area contributed by atoms with Gasteiger partial charge in [0.1, 0.15) is 0 Å². The number of sulfonamides is 2. The van der Waals surface area contributed by atoms with Crippen molar-refractivity contribution < 1.29 is 16.8 Å². The minimum absolute atomic E-state index is 0.204. The number of hydrogen-bond acceptors (Lipinski definition) is 5. The zero-order valence-electron chi connectivity index (χ0n) is 12.1. The Morgan fingerprint density at radius 1 is 0.905 bits per heavy atom. The highest BCUT2D eigenvalue weighted by Crippen LogP contribution is 2.13. The molecular weight excluding hydrogens is 314 g/mol. The number of benzene rings is 1. The zero-order chi connectivity index (χ0) is 15.9. The van der Waals surface area contributed by atoms with Crippen LogP contribution in [0.2, 0.25) is 0 Å². The fourth-order valence-electron chi connectivity index (χ4n) is 1.51. The standard InChI is InChI=1S/C12H21N3O4S2/c1-3-8-15-21(18,19)12-6-4-11(5-7-12)13-9-10-14-20(2,16)17/h4-7,13-15H,3,8-10H2,1-2H3. The van der Waals surface area contributed by atoms with Crippen molar-refractivity contribution in [3.8, 4) is 0 Å². The summed E-state index contributed by atoms with van der Waals surface area (Å²) in [5, 5.41) is 3.00. The highest BCUT2D eigenvalue weighted by Gasteiger charge is 2.12. The van der Waals surface area contributed by atoms with Gasteiger partial charge in [0.05, 0.1) is 11.2 Å². The van der Waals surface area contributed by atoms with Crippen LogP contribution in [0.5, 0.6) is 0 Å². The highest BCUT2D eigenvalue weighted by molar-refractivity contribution is 7.89. The third kappa shape index (κ3) is 6.89. The number of hydrogen-bond donors (Lipinski definition) is 3. The molecule has 0 aliphatic rings. The first-order valence-corrected chi connectivity index (χ1v) is 9.90. The second kappa shape index (κ2) is 7.74. The average Bonchev–Trinajstić information content (AvgIpc) is 2.41. The van der Waals surface area contributed by atoms with Crippen LogP contribution in [-0.4, -0.2) is 42.7 Å². The molecule has 0 aliphatic carbocycles. The molecule has 1 aromatic carbocycles. The van der Waals surface area contributed by atoms with E-state index in [4.69, 9.17) is 0 Å². The van der Waals surface area contributed by atoms with Crippen LogP contribution in [0.25, 0.3) is 0 Å². The van der Waals surface area contributed by atoms with E-state index in [1.807, 2.05) is 6.92 Å². The van der Waals surface area contributed by atoms with Gasteiger partial charge in [-0.05, 0) is 30.7 Å². The summed E-state index contributed by atoms with van der Waals surface area (Å²) in [5.41, 5.74) is 0.722. The lowest BCUT2D eigenvalue weighted by atomic mass is 10.3. The maximum atomic E-state index is 11.9. The molecule has 0 atom stereocenters. The monoisotopic (exact) mass is 335 g/mol. The molecule has 0 spiro atoms. The fraction of sp³-hybridized carbons (Fsp3) is 0.500. The van der Waals surface area contributed by atoms with Gasteiger partial charge < -0.3 is 5.32 Å². The summed E-state index contributed by atoms with van der Waals surface area (Å²) in [7, 11) is -6.64. The summed E-state index contributed by atoms with van der Waals surface area (Å²) in [6, 6.07) is 6.29. The van der Waals surface area contributed by atoms with Crippen LogP contribution < -0.4 is 14.8 Å². The third-order valence-electron chi connectivity index (χ3n) is 2.53. The quantitative estimate of drug-likeness (QED) is 0.564. The van der Waals surface area contributed by atoms with Crippen LogP contribution >= 0.6 is 0 Å². The van der Waals surface area contributed by atoms with Crippen LogP contribution in [0.15, 0.2) is 29.2 Å².